The van der Waals surface area contributed by atoms with Gasteiger partial charge in [-0.2, -0.15) is 0 Å². The third kappa shape index (κ3) is 2.06. The van der Waals surface area contributed by atoms with E-state index in [1.165, 1.54) is 0 Å². The number of amides is 1. The van der Waals surface area contributed by atoms with Crippen LogP contribution in [-0.2, 0) is 4.79 Å². The highest BCUT2D eigenvalue weighted by atomic mass is 35.5. The predicted molar refractivity (Wildman–Crippen MR) is 65.6 cm³/mol. The van der Waals surface area contributed by atoms with Gasteiger partial charge >= 0.3 is 0 Å². The van der Waals surface area contributed by atoms with Gasteiger partial charge in [-0.05, 0) is 43.9 Å². The van der Waals surface area contributed by atoms with E-state index < -0.39 is 5.54 Å². The predicted octanol–water partition coefficient (Wildman–Crippen LogP) is 2.47. The van der Waals surface area contributed by atoms with Crippen LogP contribution in [-0.4, -0.2) is 11.4 Å². The molecule has 1 aliphatic carbocycles. The first kappa shape index (κ1) is 11.4. The van der Waals surface area contributed by atoms with Crippen molar-refractivity contribution in [2.45, 2.75) is 31.7 Å². The Morgan fingerprint density at radius 1 is 1.50 bits per heavy atom. The maximum Gasteiger partial charge on any atom is 0.244 e. The van der Waals surface area contributed by atoms with Crippen LogP contribution in [0.3, 0.4) is 0 Å². The summed E-state index contributed by atoms with van der Waals surface area (Å²) in [5, 5.41) is 3.46. The molecule has 0 saturated heterocycles. The van der Waals surface area contributed by atoms with E-state index >= 15 is 0 Å². The van der Waals surface area contributed by atoms with Gasteiger partial charge in [0.1, 0.15) is 0 Å². The molecule has 3 nitrogen and oxygen atoms in total. The van der Waals surface area contributed by atoms with E-state index in [1.54, 1.807) is 12.1 Å². The Bertz CT molecular complexity index is 427. The van der Waals surface area contributed by atoms with E-state index in [4.69, 9.17) is 17.3 Å². The number of nitrogens with one attached hydrogen (secondary N) is 1. The van der Waals surface area contributed by atoms with Gasteiger partial charge in [0.25, 0.3) is 0 Å². The van der Waals surface area contributed by atoms with Gasteiger partial charge in [0, 0.05) is 10.7 Å². The van der Waals surface area contributed by atoms with Gasteiger partial charge in [-0.1, -0.05) is 17.7 Å². The van der Waals surface area contributed by atoms with Crippen molar-refractivity contribution in [1.29, 1.82) is 0 Å². The first-order chi connectivity index (χ1) is 7.51. The van der Waals surface area contributed by atoms with Crippen molar-refractivity contribution in [3.05, 3.63) is 28.8 Å². The Morgan fingerprint density at radius 3 is 2.75 bits per heavy atom. The zero-order valence-electron chi connectivity index (χ0n) is 9.22. The molecular weight excluding hydrogens is 224 g/mol. The van der Waals surface area contributed by atoms with Crippen LogP contribution in [0, 0.1) is 6.92 Å². The summed E-state index contributed by atoms with van der Waals surface area (Å²) >= 11 is 5.88. The number of aryl methyl sites for hydroxylation is 1. The van der Waals surface area contributed by atoms with Gasteiger partial charge in [-0.3, -0.25) is 4.79 Å². The summed E-state index contributed by atoms with van der Waals surface area (Å²) in [4.78, 5) is 11.9. The van der Waals surface area contributed by atoms with Crippen LogP contribution >= 0.6 is 11.6 Å². The van der Waals surface area contributed by atoms with Crippen LogP contribution in [0.2, 0.25) is 5.02 Å². The molecular formula is C12H15ClN2O. The van der Waals surface area contributed by atoms with E-state index in [2.05, 4.69) is 5.32 Å². The fraction of sp³-hybridized carbons (Fsp3) is 0.417. The van der Waals surface area contributed by atoms with Gasteiger partial charge < -0.3 is 11.1 Å². The molecule has 0 spiro atoms. The van der Waals surface area contributed by atoms with E-state index in [0.29, 0.717) is 5.02 Å². The molecule has 0 heterocycles. The second-order valence-corrected chi connectivity index (χ2v) is 4.86. The average molecular weight is 239 g/mol. The van der Waals surface area contributed by atoms with Crippen molar-refractivity contribution in [1.82, 2.24) is 0 Å². The molecule has 0 aliphatic heterocycles. The number of carbonyl (C=O) groups excluding carboxylic acids is 1. The quantitative estimate of drug-likeness (QED) is 0.832. The molecule has 1 aromatic carbocycles. The highest BCUT2D eigenvalue weighted by molar-refractivity contribution is 6.31. The standard InChI is InChI=1S/C12H15ClN2O/c1-8-3-4-9(13)7-10(8)15-11(16)12(14)5-2-6-12/h3-4,7H,2,5-6,14H2,1H3,(H,15,16). The summed E-state index contributed by atoms with van der Waals surface area (Å²) in [5.74, 6) is -0.107. The maximum absolute atomic E-state index is 11.9. The number of rotatable bonds is 2. The van der Waals surface area contributed by atoms with Crippen molar-refractivity contribution < 1.29 is 4.79 Å². The van der Waals surface area contributed by atoms with Gasteiger partial charge in [0.15, 0.2) is 0 Å². The van der Waals surface area contributed by atoms with Crippen molar-refractivity contribution in [3.8, 4) is 0 Å². The SMILES string of the molecule is Cc1ccc(Cl)cc1NC(=O)C1(N)CCC1. The minimum atomic E-state index is -0.672. The zero-order chi connectivity index (χ0) is 11.8. The fourth-order valence-electron chi connectivity index (χ4n) is 1.76. The topological polar surface area (TPSA) is 55.1 Å². The molecule has 1 aliphatic rings. The van der Waals surface area contributed by atoms with E-state index in [1.807, 2.05) is 13.0 Å². The Morgan fingerprint density at radius 2 is 2.19 bits per heavy atom. The second-order valence-electron chi connectivity index (χ2n) is 4.42. The summed E-state index contributed by atoms with van der Waals surface area (Å²) in [6.07, 6.45) is 2.55. The lowest BCUT2D eigenvalue weighted by molar-refractivity contribution is -0.123. The highest BCUT2D eigenvalue weighted by Gasteiger charge is 2.40. The van der Waals surface area contributed by atoms with Crippen molar-refractivity contribution in [3.63, 3.8) is 0 Å². The molecule has 0 atom stereocenters. The lowest BCUT2D eigenvalue weighted by Crippen LogP contribution is -2.56. The summed E-state index contributed by atoms with van der Waals surface area (Å²) < 4.78 is 0. The molecule has 4 heteroatoms. The third-order valence-corrected chi connectivity index (χ3v) is 3.38. The summed E-state index contributed by atoms with van der Waals surface area (Å²) in [5.41, 5.74) is 7.00. The first-order valence-corrected chi connectivity index (χ1v) is 5.75. The molecule has 1 fully saturated rings. The number of benzene rings is 1. The molecule has 1 amide bonds. The fourth-order valence-corrected chi connectivity index (χ4v) is 1.93. The second kappa shape index (κ2) is 4.07. The number of anilines is 1. The van der Waals surface area contributed by atoms with E-state index in [9.17, 15) is 4.79 Å². The van der Waals surface area contributed by atoms with Crippen LogP contribution in [0.15, 0.2) is 18.2 Å². The molecule has 1 saturated carbocycles. The summed E-state index contributed by atoms with van der Waals surface area (Å²) in [7, 11) is 0. The van der Waals surface area contributed by atoms with Gasteiger partial charge in [-0.15, -0.1) is 0 Å². The Balaban J connectivity index is 2.14. The number of nitrogens with two attached hydrogens (primary N) is 1. The largest absolute Gasteiger partial charge is 0.324 e. The minimum absolute atomic E-state index is 0.107. The molecule has 0 bridgehead atoms. The number of hydrogen-bond acceptors (Lipinski definition) is 2. The smallest absolute Gasteiger partial charge is 0.244 e. The Kier molecular flexibility index (Phi) is 2.91. The Labute approximate surface area is 100.0 Å². The molecule has 2 rings (SSSR count). The zero-order valence-corrected chi connectivity index (χ0v) is 9.97. The van der Waals surface area contributed by atoms with Crippen LogP contribution in [0.25, 0.3) is 0 Å². The van der Waals surface area contributed by atoms with Crippen LogP contribution in [0.1, 0.15) is 24.8 Å². The monoisotopic (exact) mass is 238 g/mol. The van der Waals surface area contributed by atoms with E-state index in [0.717, 1.165) is 30.5 Å². The van der Waals surface area contributed by atoms with Crippen molar-refractivity contribution in [2.24, 2.45) is 5.73 Å². The lowest BCUT2D eigenvalue weighted by atomic mass is 9.77. The molecule has 1 aromatic rings. The van der Waals surface area contributed by atoms with Crippen LogP contribution in [0.4, 0.5) is 5.69 Å². The normalized spacial score (nSPS) is 17.7. The molecule has 0 aromatic heterocycles. The van der Waals surface area contributed by atoms with Gasteiger partial charge in [-0.25, -0.2) is 0 Å². The third-order valence-electron chi connectivity index (χ3n) is 3.15. The number of halogens is 1. The van der Waals surface area contributed by atoms with Gasteiger partial charge in [0.05, 0.1) is 5.54 Å². The summed E-state index contributed by atoms with van der Waals surface area (Å²) in [6, 6.07) is 5.42. The molecule has 86 valence electrons. The molecule has 3 N–H and O–H groups in total. The molecule has 0 radical (unpaired) electrons. The summed E-state index contributed by atoms with van der Waals surface area (Å²) in [6.45, 7) is 1.93. The maximum atomic E-state index is 11.9. The minimum Gasteiger partial charge on any atom is -0.324 e. The molecule has 16 heavy (non-hydrogen) atoms. The number of hydrogen-bond donors (Lipinski definition) is 2. The highest BCUT2D eigenvalue weighted by Crippen LogP contribution is 2.31. The van der Waals surface area contributed by atoms with E-state index in [-0.39, 0.29) is 5.91 Å². The van der Waals surface area contributed by atoms with Gasteiger partial charge in [0.2, 0.25) is 5.91 Å². The van der Waals surface area contributed by atoms with Crippen molar-refractivity contribution >= 4 is 23.2 Å². The number of carbonyl (C=O) groups is 1. The lowest BCUT2D eigenvalue weighted by Gasteiger charge is -2.36. The van der Waals surface area contributed by atoms with Crippen LogP contribution < -0.4 is 11.1 Å². The van der Waals surface area contributed by atoms with Crippen molar-refractivity contribution in [2.75, 3.05) is 5.32 Å². The average Bonchev–Trinajstić information content (AvgIpc) is 2.20. The molecule has 0 unspecified atom stereocenters. The Hall–Kier alpha value is -1.06. The van der Waals surface area contributed by atoms with Crippen LogP contribution in [0.5, 0.6) is 0 Å². The first-order valence-electron chi connectivity index (χ1n) is 5.38.